The standard InChI is InChI=1S/C19H18N4O/c1-13-3-7-15(8-4-13)12-20-23-19(24)18-11-17(21-22-18)16-9-5-14(2)6-10-16/h3-12H,1-2H3,(H,21,22)(H,23,24)/b20-12+. The molecule has 0 bridgehead atoms. The maximum atomic E-state index is 12.1. The smallest absolute Gasteiger partial charge is 0.272 e. The number of H-pyrrole nitrogens is 1. The SMILES string of the molecule is Cc1ccc(/C=N/NC(=O)c2cc(-c3ccc(C)cc3)n[nH]2)cc1. The second-order valence-electron chi connectivity index (χ2n) is 5.64. The highest BCUT2D eigenvalue weighted by Gasteiger charge is 2.10. The van der Waals surface area contributed by atoms with E-state index in [4.69, 9.17) is 0 Å². The molecule has 0 aliphatic carbocycles. The Balaban J connectivity index is 1.65. The highest BCUT2D eigenvalue weighted by Crippen LogP contribution is 2.18. The number of amides is 1. The summed E-state index contributed by atoms with van der Waals surface area (Å²) in [4.78, 5) is 12.1. The molecule has 0 atom stereocenters. The Morgan fingerprint density at radius 1 is 1.04 bits per heavy atom. The number of rotatable bonds is 4. The average molecular weight is 318 g/mol. The number of aryl methyl sites for hydroxylation is 2. The summed E-state index contributed by atoms with van der Waals surface area (Å²) in [6.45, 7) is 4.05. The molecule has 3 rings (SSSR count). The molecule has 3 aromatic rings. The molecule has 0 aliphatic heterocycles. The number of carbonyl (C=O) groups is 1. The Kier molecular flexibility index (Phi) is 4.52. The highest BCUT2D eigenvalue weighted by molar-refractivity contribution is 5.94. The van der Waals surface area contributed by atoms with Gasteiger partial charge in [0, 0.05) is 5.56 Å². The van der Waals surface area contributed by atoms with Crippen LogP contribution in [0.3, 0.4) is 0 Å². The molecule has 0 radical (unpaired) electrons. The molecule has 1 heterocycles. The molecule has 0 spiro atoms. The Morgan fingerprint density at radius 3 is 2.33 bits per heavy atom. The quantitative estimate of drug-likeness (QED) is 0.571. The topological polar surface area (TPSA) is 70.1 Å². The molecule has 0 saturated heterocycles. The van der Waals surface area contributed by atoms with E-state index in [0.717, 1.165) is 16.8 Å². The number of benzene rings is 2. The first-order valence-corrected chi connectivity index (χ1v) is 7.64. The molecular formula is C19H18N4O. The molecule has 5 heteroatoms. The number of aromatic amines is 1. The fraction of sp³-hybridized carbons (Fsp3) is 0.105. The van der Waals surface area contributed by atoms with E-state index >= 15 is 0 Å². The number of carbonyl (C=O) groups excluding carboxylic acids is 1. The number of hydrogen-bond donors (Lipinski definition) is 2. The largest absolute Gasteiger partial charge is 0.289 e. The van der Waals surface area contributed by atoms with Gasteiger partial charge in [-0.15, -0.1) is 0 Å². The lowest BCUT2D eigenvalue weighted by Gasteiger charge is -1.97. The third kappa shape index (κ3) is 3.76. The van der Waals surface area contributed by atoms with Crippen molar-refractivity contribution in [2.75, 3.05) is 0 Å². The van der Waals surface area contributed by atoms with Crippen molar-refractivity contribution in [1.82, 2.24) is 15.6 Å². The van der Waals surface area contributed by atoms with Crippen LogP contribution < -0.4 is 5.43 Å². The molecular weight excluding hydrogens is 300 g/mol. The van der Waals surface area contributed by atoms with Crippen LogP contribution in [0.5, 0.6) is 0 Å². The third-order valence-corrected chi connectivity index (χ3v) is 3.63. The summed E-state index contributed by atoms with van der Waals surface area (Å²) in [7, 11) is 0. The zero-order valence-electron chi connectivity index (χ0n) is 13.6. The lowest BCUT2D eigenvalue weighted by Crippen LogP contribution is -2.17. The number of aromatic nitrogens is 2. The molecule has 0 fully saturated rings. The molecule has 24 heavy (non-hydrogen) atoms. The summed E-state index contributed by atoms with van der Waals surface area (Å²) >= 11 is 0. The monoisotopic (exact) mass is 318 g/mol. The molecule has 2 N–H and O–H groups in total. The Morgan fingerprint density at radius 2 is 1.67 bits per heavy atom. The molecule has 5 nitrogen and oxygen atoms in total. The predicted octanol–water partition coefficient (Wildman–Crippen LogP) is 3.46. The molecule has 0 saturated carbocycles. The fourth-order valence-electron chi connectivity index (χ4n) is 2.19. The van der Waals surface area contributed by atoms with Gasteiger partial charge in [0.05, 0.1) is 11.9 Å². The normalized spacial score (nSPS) is 10.9. The summed E-state index contributed by atoms with van der Waals surface area (Å²) in [5, 5.41) is 10.9. The molecule has 2 aromatic carbocycles. The Hall–Kier alpha value is -3.21. The summed E-state index contributed by atoms with van der Waals surface area (Å²) in [6.07, 6.45) is 1.61. The first-order chi connectivity index (χ1) is 11.6. The van der Waals surface area contributed by atoms with E-state index in [0.29, 0.717) is 5.69 Å². The van der Waals surface area contributed by atoms with E-state index in [1.807, 2.05) is 62.4 Å². The highest BCUT2D eigenvalue weighted by atomic mass is 16.2. The maximum Gasteiger partial charge on any atom is 0.289 e. The van der Waals surface area contributed by atoms with Gasteiger partial charge in [0.1, 0.15) is 5.69 Å². The van der Waals surface area contributed by atoms with Crippen LogP contribution in [0, 0.1) is 13.8 Å². The number of hydrazone groups is 1. The van der Waals surface area contributed by atoms with Crippen molar-refractivity contribution >= 4 is 12.1 Å². The summed E-state index contributed by atoms with van der Waals surface area (Å²) in [5.74, 6) is -0.329. The van der Waals surface area contributed by atoms with E-state index in [1.54, 1.807) is 12.3 Å². The van der Waals surface area contributed by atoms with Gasteiger partial charge in [0.2, 0.25) is 0 Å². The van der Waals surface area contributed by atoms with Crippen molar-refractivity contribution in [2.45, 2.75) is 13.8 Å². The van der Waals surface area contributed by atoms with Gasteiger partial charge in [-0.1, -0.05) is 59.7 Å². The van der Waals surface area contributed by atoms with Crippen molar-refractivity contribution in [1.29, 1.82) is 0 Å². The van der Waals surface area contributed by atoms with Crippen LogP contribution in [-0.4, -0.2) is 22.3 Å². The van der Waals surface area contributed by atoms with E-state index in [-0.39, 0.29) is 5.91 Å². The van der Waals surface area contributed by atoms with Crippen molar-refractivity contribution in [3.63, 3.8) is 0 Å². The Bertz CT molecular complexity index is 861. The van der Waals surface area contributed by atoms with Crippen LogP contribution in [0.25, 0.3) is 11.3 Å². The predicted molar refractivity (Wildman–Crippen MR) is 95.0 cm³/mol. The Labute approximate surface area is 140 Å². The molecule has 1 aromatic heterocycles. The van der Waals surface area contributed by atoms with Crippen LogP contribution in [-0.2, 0) is 0 Å². The van der Waals surface area contributed by atoms with Gasteiger partial charge in [-0.2, -0.15) is 10.2 Å². The number of nitrogens with one attached hydrogen (secondary N) is 2. The summed E-state index contributed by atoms with van der Waals surface area (Å²) in [6, 6.07) is 17.5. The van der Waals surface area contributed by atoms with E-state index in [1.165, 1.54) is 11.1 Å². The van der Waals surface area contributed by atoms with Crippen LogP contribution in [0.15, 0.2) is 59.7 Å². The van der Waals surface area contributed by atoms with Gasteiger partial charge in [0.15, 0.2) is 0 Å². The van der Waals surface area contributed by atoms with Gasteiger partial charge >= 0.3 is 0 Å². The van der Waals surface area contributed by atoms with Gasteiger partial charge < -0.3 is 0 Å². The molecule has 0 unspecified atom stereocenters. The van der Waals surface area contributed by atoms with Crippen molar-refractivity contribution in [2.24, 2.45) is 5.10 Å². The zero-order chi connectivity index (χ0) is 16.9. The minimum Gasteiger partial charge on any atom is -0.272 e. The summed E-state index contributed by atoms with van der Waals surface area (Å²) < 4.78 is 0. The molecule has 120 valence electrons. The number of hydrogen-bond acceptors (Lipinski definition) is 3. The first kappa shape index (κ1) is 15.7. The van der Waals surface area contributed by atoms with Gasteiger partial charge in [-0.25, -0.2) is 5.43 Å². The van der Waals surface area contributed by atoms with Crippen LogP contribution >= 0.6 is 0 Å². The second kappa shape index (κ2) is 6.91. The van der Waals surface area contributed by atoms with Crippen molar-refractivity contribution in [3.8, 4) is 11.3 Å². The van der Waals surface area contributed by atoms with Crippen LogP contribution in [0.1, 0.15) is 27.2 Å². The molecule has 1 amide bonds. The van der Waals surface area contributed by atoms with Crippen molar-refractivity contribution in [3.05, 3.63) is 77.0 Å². The van der Waals surface area contributed by atoms with Crippen molar-refractivity contribution < 1.29 is 4.79 Å². The summed E-state index contributed by atoms with van der Waals surface area (Å²) in [5.41, 5.74) is 7.82. The maximum absolute atomic E-state index is 12.1. The van der Waals surface area contributed by atoms with Crippen LogP contribution in [0.2, 0.25) is 0 Å². The lowest BCUT2D eigenvalue weighted by atomic mass is 10.1. The minimum absolute atomic E-state index is 0.329. The fourth-order valence-corrected chi connectivity index (χ4v) is 2.19. The second-order valence-corrected chi connectivity index (χ2v) is 5.64. The van der Waals surface area contributed by atoms with Gasteiger partial charge in [0.25, 0.3) is 5.91 Å². The average Bonchev–Trinajstić information content (AvgIpc) is 3.07. The van der Waals surface area contributed by atoms with Gasteiger partial charge in [-0.05, 0) is 25.5 Å². The van der Waals surface area contributed by atoms with E-state index in [2.05, 4.69) is 20.7 Å². The third-order valence-electron chi connectivity index (χ3n) is 3.63. The van der Waals surface area contributed by atoms with Crippen LogP contribution in [0.4, 0.5) is 0 Å². The molecule has 0 aliphatic rings. The minimum atomic E-state index is -0.329. The lowest BCUT2D eigenvalue weighted by molar-refractivity contribution is 0.0950. The van der Waals surface area contributed by atoms with E-state index < -0.39 is 0 Å². The first-order valence-electron chi connectivity index (χ1n) is 7.64. The zero-order valence-corrected chi connectivity index (χ0v) is 13.6. The van der Waals surface area contributed by atoms with Gasteiger partial charge in [-0.3, -0.25) is 9.89 Å². The number of nitrogens with zero attached hydrogens (tertiary/aromatic N) is 2. The van der Waals surface area contributed by atoms with E-state index in [9.17, 15) is 4.79 Å².